The first kappa shape index (κ1) is 13.4. The van der Waals surface area contributed by atoms with E-state index in [1.165, 1.54) is 12.1 Å². The maximum Gasteiger partial charge on any atom is 0.416 e. The Hall–Kier alpha value is -2.02. The molecule has 1 unspecified atom stereocenters. The van der Waals surface area contributed by atoms with Crippen molar-refractivity contribution in [1.29, 1.82) is 0 Å². The van der Waals surface area contributed by atoms with Gasteiger partial charge in [0.15, 0.2) is 11.6 Å². The number of rotatable bonds is 3. The first-order valence-corrected chi connectivity index (χ1v) is 5.59. The van der Waals surface area contributed by atoms with E-state index in [0.29, 0.717) is 0 Å². The highest BCUT2D eigenvalue weighted by Crippen LogP contribution is 2.24. The maximum absolute atomic E-state index is 13.6. The smallest absolute Gasteiger partial charge is 0.416 e. The van der Waals surface area contributed by atoms with Crippen LogP contribution in [0.2, 0.25) is 0 Å². The van der Waals surface area contributed by atoms with Crippen molar-refractivity contribution in [2.75, 3.05) is 19.8 Å². The first-order chi connectivity index (χ1) is 9.06. The minimum Gasteiger partial charge on any atom is -0.447 e. The summed E-state index contributed by atoms with van der Waals surface area (Å²) >= 11 is 0. The molecular formula is C12H11F2NO4. The quantitative estimate of drug-likeness (QED) is 0.891. The number of aliphatic hydroxyl groups excluding tert-OH is 1. The zero-order chi connectivity index (χ0) is 14.0. The minimum atomic E-state index is -1.33. The van der Waals surface area contributed by atoms with Crippen molar-refractivity contribution in [2.24, 2.45) is 0 Å². The second-order valence-corrected chi connectivity index (χ2v) is 3.98. The molecule has 2 rings (SSSR count). The summed E-state index contributed by atoms with van der Waals surface area (Å²) in [6.07, 6.45) is -0.847. The van der Waals surface area contributed by atoms with Crippen LogP contribution in [-0.2, 0) is 9.53 Å². The molecule has 1 fully saturated rings. The van der Waals surface area contributed by atoms with Gasteiger partial charge in [0.2, 0.25) is 5.91 Å². The summed E-state index contributed by atoms with van der Waals surface area (Å²) in [7, 11) is 0. The maximum atomic E-state index is 13.6. The molecule has 0 spiro atoms. The fourth-order valence-corrected chi connectivity index (χ4v) is 1.88. The number of ether oxygens (including phenoxy) is 1. The molecule has 0 aromatic heterocycles. The van der Waals surface area contributed by atoms with Crippen LogP contribution in [0.25, 0.3) is 0 Å². The van der Waals surface area contributed by atoms with Crippen LogP contribution in [0.3, 0.4) is 0 Å². The average Bonchev–Trinajstić information content (AvgIpc) is 2.81. The molecule has 19 heavy (non-hydrogen) atoms. The Labute approximate surface area is 107 Å². The van der Waals surface area contributed by atoms with Crippen LogP contribution in [0.4, 0.5) is 13.6 Å². The molecule has 2 amide bonds. The van der Waals surface area contributed by atoms with Gasteiger partial charge in [-0.05, 0) is 6.07 Å². The van der Waals surface area contributed by atoms with E-state index in [1.807, 2.05) is 0 Å². The molecule has 1 aromatic rings. The van der Waals surface area contributed by atoms with Crippen LogP contribution < -0.4 is 0 Å². The van der Waals surface area contributed by atoms with Gasteiger partial charge in [-0.3, -0.25) is 4.79 Å². The van der Waals surface area contributed by atoms with Gasteiger partial charge in [-0.25, -0.2) is 18.5 Å². The third-order valence-corrected chi connectivity index (χ3v) is 2.86. The van der Waals surface area contributed by atoms with Gasteiger partial charge in [0, 0.05) is 5.56 Å². The summed E-state index contributed by atoms with van der Waals surface area (Å²) in [6, 6.07) is 3.33. The molecule has 0 saturated carbocycles. The Morgan fingerprint density at radius 1 is 1.47 bits per heavy atom. The van der Waals surface area contributed by atoms with E-state index in [1.54, 1.807) is 0 Å². The molecule has 5 nitrogen and oxygen atoms in total. The van der Waals surface area contributed by atoms with Gasteiger partial charge in [-0.1, -0.05) is 12.1 Å². The molecule has 0 bridgehead atoms. The van der Waals surface area contributed by atoms with Gasteiger partial charge in [0.05, 0.1) is 19.1 Å². The lowest BCUT2D eigenvalue weighted by Crippen LogP contribution is -2.37. The number of benzene rings is 1. The summed E-state index contributed by atoms with van der Waals surface area (Å²) in [5, 5.41) is 9.22. The number of hydrogen-bond donors (Lipinski definition) is 1. The molecule has 1 atom stereocenters. The van der Waals surface area contributed by atoms with Crippen molar-refractivity contribution in [2.45, 2.75) is 5.92 Å². The Morgan fingerprint density at radius 3 is 2.79 bits per heavy atom. The molecule has 0 radical (unpaired) electrons. The van der Waals surface area contributed by atoms with Crippen molar-refractivity contribution in [3.8, 4) is 0 Å². The molecule has 1 aliphatic heterocycles. The zero-order valence-electron chi connectivity index (χ0n) is 9.81. The van der Waals surface area contributed by atoms with Crippen LogP contribution in [0, 0.1) is 11.6 Å². The average molecular weight is 271 g/mol. The van der Waals surface area contributed by atoms with E-state index in [2.05, 4.69) is 4.74 Å². The lowest BCUT2D eigenvalue weighted by molar-refractivity contribution is -0.130. The lowest BCUT2D eigenvalue weighted by Gasteiger charge is -2.19. The number of cyclic esters (lactones) is 1. The van der Waals surface area contributed by atoms with Crippen LogP contribution in [0.1, 0.15) is 11.5 Å². The van der Waals surface area contributed by atoms with Crippen molar-refractivity contribution >= 4 is 12.0 Å². The van der Waals surface area contributed by atoms with E-state index < -0.39 is 36.2 Å². The highest BCUT2D eigenvalue weighted by molar-refractivity contribution is 5.96. The lowest BCUT2D eigenvalue weighted by atomic mass is 9.97. The van der Waals surface area contributed by atoms with Crippen molar-refractivity contribution < 1.29 is 28.2 Å². The summed E-state index contributed by atoms with van der Waals surface area (Å²) < 4.78 is 31.3. The topological polar surface area (TPSA) is 66.8 Å². The van der Waals surface area contributed by atoms with Gasteiger partial charge >= 0.3 is 6.09 Å². The first-order valence-electron chi connectivity index (χ1n) is 5.59. The molecule has 0 aliphatic carbocycles. The number of halogens is 2. The van der Waals surface area contributed by atoms with E-state index in [-0.39, 0.29) is 18.7 Å². The number of carbonyl (C=O) groups is 2. The van der Waals surface area contributed by atoms with Gasteiger partial charge < -0.3 is 9.84 Å². The van der Waals surface area contributed by atoms with E-state index in [9.17, 15) is 23.5 Å². The molecule has 1 aromatic carbocycles. The van der Waals surface area contributed by atoms with Gasteiger partial charge in [-0.2, -0.15) is 0 Å². The molecule has 1 saturated heterocycles. The Kier molecular flexibility index (Phi) is 3.75. The van der Waals surface area contributed by atoms with E-state index in [0.717, 1.165) is 11.0 Å². The molecule has 1 heterocycles. The van der Waals surface area contributed by atoms with Crippen molar-refractivity contribution in [3.63, 3.8) is 0 Å². The molecule has 7 heteroatoms. The second-order valence-electron chi connectivity index (χ2n) is 3.98. The fraction of sp³-hybridized carbons (Fsp3) is 0.333. The minimum absolute atomic E-state index is 0.0328. The summed E-state index contributed by atoms with van der Waals surface area (Å²) in [4.78, 5) is 24.0. The SMILES string of the molecule is O=C1OCCN1C(=O)C(CO)c1cccc(F)c1F. The number of hydrogen-bond acceptors (Lipinski definition) is 4. The number of carbonyl (C=O) groups excluding carboxylic acids is 2. The largest absolute Gasteiger partial charge is 0.447 e. The normalized spacial score (nSPS) is 16.4. The highest BCUT2D eigenvalue weighted by atomic mass is 19.2. The monoisotopic (exact) mass is 271 g/mol. The van der Waals surface area contributed by atoms with Gasteiger partial charge in [0.1, 0.15) is 6.61 Å². The van der Waals surface area contributed by atoms with Crippen LogP contribution >= 0.6 is 0 Å². The molecule has 1 aliphatic rings. The predicted molar refractivity (Wildman–Crippen MR) is 59.2 cm³/mol. The fourth-order valence-electron chi connectivity index (χ4n) is 1.88. The Bertz CT molecular complexity index is 520. The highest BCUT2D eigenvalue weighted by Gasteiger charge is 2.35. The van der Waals surface area contributed by atoms with Gasteiger partial charge in [-0.15, -0.1) is 0 Å². The second kappa shape index (κ2) is 5.31. The predicted octanol–water partition coefficient (Wildman–Crippen LogP) is 1.02. The van der Waals surface area contributed by atoms with Crippen LogP contribution in [0.15, 0.2) is 18.2 Å². The Morgan fingerprint density at radius 2 is 2.21 bits per heavy atom. The van der Waals surface area contributed by atoms with Crippen molar-refractivity contribution in [1.82, 2.24) is 4.90 Å². The third kappa shape index (κ3) is 2.41. The summed E-state index contributed by atoms with van der Waals surface area (Å²) in [5.74, 6) is -4.47. The standard InChI is InChI=1S/C12H11F2NO4/c13-9-3-1-2-7(10(9)14)8(6-16)11(17)15-4-5-19-12(15)18/h1-3,8,16H,4-6H2. The summed E-state index contributed by atoms with van der Waals surface area (Å²) in [6.45, 7) is -0.650. The summed E-state index contributed by atoms with van der Waals surface area (Å²) in [5.41, 5.74) is -0.285. The molecular weight excluding hydrogens is 260 g/mol. The zero-order valence-corrected chi connectivity index (χ0v) is 9.81. The van der Waals surface area contributed by atoms with Crippen molar-refractivity contribution in [3.05, 3.63) is 35.4 Å². The third-order valence-electron chi connectivity index (χ3n) is 2.86. The number of imide groups is 1. The van der Waals surface area contributed by atoms with E-state index in [4.69, 9.17) is 0 Å². The van der Waals surface area contributed by atoms with E-state index >= 15 is 0 Å². The van der Waals surface area contributed by atoms with Gasteiger partial charge in [0.25, 0.3) is 0 Å². The van der Waals surface area contributed by atoms with Crippen LogP contribution in [-0.4, -0.2) is 41.8 Å². The number of nitrogens with zero attached hydrogens (tertiary/aromatic N) is 1. The molecule has 1 N–H and O–H groups in total. The van der Waals surface area contributed by atoms with Crippen LogP contribution in [0.5, 0.6) is 0 Å². The Balaban J connectivity index is 2.31. The molecule has 102 valence electrons. The number of aliphatic hydroxyl groups is 1. The number of amides is 2.